The topological polar surface area (TPSA) is 140 Å². The van der Waals surface area contributed by atoms with E-state index in [1.807, 2.05) is 0 Å². The summed E-state index contributed by atoms with van der Waals surface area (Å²) >= 11 is 6.07. The van der Waals surface area contributed by atoms with Crippen molar-refractivity contribution in [3.05, 3.63) is 76.5 Å². The summed E-state index contributed by atoms with van der Waals surface area (Å²) in [5.74, 6) is 0.696. The smallest absolute Gasteiger partial charge is 0.337 e. The molecule has 12 heteroatoms. The number of aliphatic hydroxyl groups is 1. The summed E-state index contributed by atoms with van der Waals surface area (Å²) in [4.78, 5) is 24.5. The number of aliphatic hydroxyl groups excluding tert-OH is 1. The van der Waals surface area contributed by atoms with Crippen molar-refractivity contribution in [2.45, 2.75) is 26.1 Å². The lowest BCUT2D eigenvalue weighted by Gasteiger charge is -2.28. The largest absolute Gasteiger partial charge is 0.490 e. The first-order valence-electron chi connectivity index (χ1n) is 12.0. The van der Waals surface area contributed by atoms with E-state index >= 15 is 0 Å². The summed E-state index contributed by atoms with van der Waals surface area (Å²) in [5, 5.41) is 20.2. The van der Waals surface area contributed by atoms with Crippen LogP contribution in [0.1, 0.15) is 31.0 Å². The zero-order valence-corrected chi connectivity index (χ0v) is 22.6. The maximum atomic E-state index is 12.4. The minimum atomic E-state index is -1.16. The highest BCUT2D eigenvalue weighted by Gasteiger charge is 2.32. The van der Waals surface area contributed by atoms with Crippen LogP contribution in [0, 0.1) is 0 Å². The Kier molecular flexibility index (Phi) is 10.6. The lowest BCUT2D eigenvalue weighted by atomic mass is 9.95. The molecule has 2 atom stereocenters. The molecule has 39 heavy (non-hydrogen) atoms. The van der Waals surface area contributed by atoms with E-state index in [0.29, 0.717) is 52.3 Å². The first-order chi connectivity index (χ1) is 18.8. The number of methoxy groups -OCH3 is 1. The van der Waals surface area contributed by atoms with Crippen LogP contribution in [0.4, 0.5) is 4.79 Å². The molecule has 3 rings (SSSR count). The van der Waals surface area contributed by atoms with E-state index < -0.39 is 24.3 Å². The molecule has 4 N–H and O–H groups in total. The Morgan fingerprint density at radius 3 is 2.69 bits per heavy atom. The molecular weight excluding hydrogens is 528 g/mol. The summed E-state index contributed by atoms with van der Waals surface area (Å²) in [7, 11) is 1.27. The SMILES string of the molecule is C=CCOc1ccc(Cl)cc1/C=N/N[C@H](O)COc1ccc([C@H]2NC(=O)NC(C)=C2C(=O)OC)cc1OCC. The highest BCUT2D eigenvalue weighted by molar-refractivity contribution is 6.30. The Labute approximate surface area is 231 Å². The van der Waals surface area contributed by atoms with Gasteiger partial charge in [0.1, 0.15) is 19.0 Å². The van der Waals surface area contributed by atoms with Crippen molar-refractivity contribution in [3.8, 4) is 17.2 Å². The monoisotopic (exact) mass is 558 g/mol. The molecule has 1 heterocycles. The van der Waals surface area contributed by atoms with Crippen molar-refractivity contribution >= 4 is 29.8 Å². The van der Waals surface area contributed by atoms with E-state index in [2.05, 4.69) is 27.7 Å². The molecule has 1 aliphatic heterocycles. The third-order valence-electron chi connectivity index (χ3n) is 5.43. The molecule has 0 spiro atoms. The Morgan fingerprint density at radius 1 is 1.21 bits per heavy atom. The van der Waals surface area contributed by atoms with Crippen molar-refractivity contribution in [1.29, 1.82) is 0 Å². The first kappa shape index (κ1) is 29.3. The standard InChI is InChI=1S/C27H31ClN4O7/c1-5-11-38-20-10-8-19(28)12-18(20)14-29-32-23(33)15-39-21-9-7-17(13-22(21)37-6-2)25-24(26(34)36-4)16(3)30-27(35)31-25/h5,7-10,12-14,23,25,32-33H,1,6,11,15H2,2-4H3,(H2,30,31,35)/b29-14+/t23-,25-/m1/s1. The van der Waals surface area contributed by atoms with Crippen LogP contribution < -0.4 is 30.3 Å². The summed E-state index contributed by atoms with van der Waals surface area (Å²) in [6.45, 7) is 7.54. The molecule has 2 aromatic rings. The molecule has 0 bridgehead atoms. The molecule has 0 saturated heterocycles. The van der Waals surface area contributed by atoms with Gasteiger partial charge in [0.05, 0.1) is 31.5 Å². The number of esters is 1. The van der Waals surface area contributed by atoms with Gasteiger partial charge >= 0.3 is 12.0 Å². The second kappa shape index (κ2) is 14.1. The van der Waals surface area contributed by atoms with E-state index in [9.17, 15) is 14.7 Å². The highest BCUT2D eigenvalue weighted by Crippen LogP contribution is 2.35. The van der Waals surface area contributed by atoms with Crippen LogP contribution in [0.3, 0.4) is 0 Å². The van der Waals surface area contributed by atoms with Crippen LogP contribution in [0.2, 0.25) is 5.02 Å². The van der Waals surface area contributed by atoms with Crippen LogP contribution in [0.25, 0.3) is 0 Å². The minimum Gasteiger partial charge on any atom is -0.490 e. The van der Waals surface area contributed by atoms with Gasteiger partial charge in [-0.05, 0) is 49.7 Å². The molecule has 0 aliphatic carbocycles. The number of allylic oxidation sites excluding steroid dienone is 1. The van der Waals surface area contributed by atoms with Gasteiger partial charge in [0.2, 0.25) is 0 Å². The fourth-order valence-electron chi connectivity index (χ4n) is 3.72. The molecule has 0 aromatic heterocycles. The predicted octanol–water partition coefficient (Wildman–Crippen LogP) is 3.43. The van der Waals surface area contributed by atoms with Crippen LogP contribution in [-0.4, -0.2) is 56.5 Å². The number of hydrogen-bond acceptors (Lipinski definition) is 9. The number of hydrazone groups is 1. The second-order valence-electron chi connectivity index (χ2n) is 8.20. The van der Waals surface area contributed by atoms with Gasteiger partial charge in [-0.15, -0.1) is 0 Å². The van der Waals surface area contributed by atoms with Crippen molar-refractivity contribution in [2.24, 2.45) is 5.10 Å². The fraction of sp³-hybridized carbons (Fsp3) is 0.296. The molecule has 1 aliphatic rings. The first-order valence-corrected chi connectivity index (χ1v) is 12.4. The molecule has 0 saturated carbocycles. The molecule has 11 nitrogen and oxygen atoms in total. The summed E-state index contributed by atoms with van der Waals surface area (Å²) in [6, 6.07) is 8.86. The quantitative estimate of drug-likeness (QED) is 0.0964. The highest BCUT2D eigenvalue weighted by atomic mass is 35.5. The number of carbonyl (C=O) groups is 2. The average Bonchev–Trinajstić information content (AvgIpc) is 2.91. The van der Waals surface area contributed by atoms with E-state index in [0.717, 1.165) is 0 Å². The van der Waals surface area contributed by atoms with Crippen LogP contribution in [0.15, 0.2) is 65.4 Å². The van der Waals surface area contributed by atoms with Crippen LogP contribution in [0.5, 0.6) is 17.2 Å². The van der Waals surface area contributed by atoms with Gasteiger partial charge in [-0.25, -0.2) is 9.59 Å². The third kappa shape index (κ3) is 7.88. The number of benzene rings is 2. The fourth-order valence-corrected chi connectivity index (χ4v) is 3.90. The number of halogens is 1. The Morgan fingerprint density at radius 2 is 1.97 bits per heavy atom. The minimum absolute atomic E-state index is 0.164. The number of hydrogen-bond donors (Lipinski definition) is 4. The number of amides is 2. The summed E-state index contributed by atoms with van der Waals surface area (Å²) in [6.07, 6.45) is 1.93. The molecule has 0 fully saturated rings. The van der Waals surface area contributed by atoms with Gasteiger partial charge in [0.25, 0.3) is 0 Å². The molecule has 2 aromatic carbocycles. The van der Waals surface area contributed by atoms with Crippen molar-refractivity contribution in [3.63, 3.8) is 0 Å². The van der Waals surface area contributed by atoms with Gasteiger partial charge < -0.3 is 34.7 Å². The Hall–Kier alpha value is -4.22. The van der Waals surface area contributed by atoms with Gasteiger partial charge in [0.15, 0.2) is 17.7 Å². The molecule has 2 amide bonds. The number of ether oxygens (including phenoxy) is 4. The van der Waals surface area contributed by atoms with Gasteiger partial charge in [-0.2, -0.15) is 5.10 Å². The van der Waals surface area contributed by atoms with E-state index in [1.165, 1.54) is 13.3 Å². The number of carbonyl (C=O) groups excluding carboxylic acids is 2. The lowest BCUT2D eigenvalue weighted by molar-refractivity contribution is -0.136. The van der Waals surface area contributed by atoms with E-state index in [1.54, 1.807) is 56.3 Å². The van der Waals surface area contributed by atoms with Crippen molar-refractivity contribution in [2.75, 3.05) is 26.9 Å². The lowest BCUT2D eigenvalue weighted by Crippen LogP contribution is -2.45. The number of nitrogens with zero attached hydrogens (tertiary/aromatic N) is 1. The van der Waals surface area contributed by atoms with Crippen molar-refractivity contribution in [1.82, 2.24) is 16.1 Å². The van der Waals surface area contributed by atoms with Crippen molar-refractivity contribution < 1.29 is 33.6 Å². The Bertz CT molecular complexity index is 1260. The number of rotatable bonds is 13. The average molecular weight is 559 g/mol. The van der Waals surface area contributed by atoms with E-state index in [4.69, 9.17) is 30.5 Å². The molecule has 208 valence electrons. The summed E-state index contributed by atoms with van der Waals surface area (Å²) in [5.41, 5.74) is 4.43. The predicted molar refractivity (Wildman–Crippen MR) is 146 cm³/mol. The van der Waals surface area contributed by atoms with Gasteiger partial charge in [-0.3, -0.25) is 5.43 Å². The maximum absolute atomic E-state index is 12.4. The number of urea groups is 1. The van der Waals surface area contributed by atoms with Gasteiger partial charge in [0, 0.05) is 16.3 Å². The molecule has 0 unspecified atom stereocenters. The van der Waals surface area contributed by atoms with E-state index in [-0.39, 0.29) is 12.2 Å². The summed E-state index contributed by atoms with van der Waals surface area (Å²) < 4.78 is 22.0. The number of nitrogens with one attached hydrogen (secondary N) is 3. The van der Waals surface area contributed by atoms with Crippen LogP contribution in [-0.2, 0) is 9.53 Å². The normalized spacial score (nSPS) is 15.7. The maximum Gasteiger partial charge on any atom is 0.337 e. The molecule has 0 radical (unpaired) electrons. The molecular formula is C27H31ClN4O7. The zero-order chi connectivity index (χ0) is 28.4. The zero-order valence-electron chi connectivity index (χ0n) is 21.8. The van der Waals surface area contributed by atoms with Gasteiger partial charge in [-0.1, -0.05) is 30.3 Å². The third-order valence-corrected chi connectivity index (χ3v) is 5.66. The van der Waals surface area contributed by atoms with Crippen LogP contribution >= 0.6 is 11.6 Å². The Balaban J connectivity index is 1.70. The second-order valence-corrected chi connectivity index (χ2v) is 8.63.